The van der Waals surface area contributed by atoms with E-state index in [0.29, 0.717) is 46.5 Å². The molecule has 0 saturated heterocycles. The van der Waals surface area contributed by atoms with Crippen LogP contribution >= 0.6 is 0 Å². The fourth-order valence-corrected chi connectivity index (χ4v) is 17.9. The molecule has 8 aliphatic carbocycles. The van der Waals surface area contributed by atoms with Gasteiger partial charge in [0.2, 0.25) is 0 Å². The highest BCUT2D eigenvalue weighted by Gasteiger charge is 2.58. The molecule has 1 heterocycles. The molecule has 8 saturated carbocycles. The van der Waals surface area contributed by atoms with Crippen LogP contribution in [0.1, 0.15) is 108 Å². The van der Waals surface area contributed by atoms with Gasteiger partial charge in [0, 0.05) is 23.0 Å². The van der Waals surface area contributed by atoms with Gasteiger partial charge in [-0.05, 0) is 159 Å². The molecule has 16 heteroatoms. The summed E-state index contributed by atoms with van der Waals surface area (Å²) in [5.41, 5.74) is 1.96. The van der Waals surface area contributed by atoms with E-state index < -0.39 is 72.8 Å². The molecule has 373 valence electrons. The first kappa shape index (κ1) is 48.7. The number of carbonyl (C=O) groups excluding carboxylic acids is 4. The van der Waals surface area contributed by atoms with Crippen molar-refractivity contribution in [3.8, 4) is 16.9 Å². The summed E-state index contributed by atoms with van der Waals surface area (Å²) in [4.78, 5) is 55.4. The van der Waals surface area contributed by atoms with Gasteiger partial charge in [0.25, 0.3) is 0 Å². The molecule has 1 N–H and O–H groups in total. The molecular weight excluding hydrogens is 939 g/mol. The maximum atomic E-state index is 14.6. The van der Waals surface area contributed by atoms with Crippen LogP contribution in [0.4, 0.5) is 8.78 Å². The van der Waals surface area contributed by atoms with Gasteiger partial charge in [-0.1, -0.05) is 66.4 Å². The van der Waals surface area contributed by atoms with E-state index in [0.717, 1.165) is 71.6 Å². The molecule has 0 amide bonds. The number of methoxy groups -OCH3 is 1. The highest BCUT2D eigenvalue weighted by Crippen LogP contribution is 2.62. The molecule has 3 aromatic carbocycles. The van der Waals surface area contributed by atoms with Crippen LogP contribution in [0.15, 0.2) is 72.8 Å². The first-order valence-corrected chi connectivity index (χ1v) is 27.7. The van der Waals surface area contributed by atoms with E-state index in [-0.39, 0.29) is 41.8 Å². The Balaban J connectivity index is 0.924. The molecule has 0 aromatic heterocycles. The Morgan fingerprint density at radius 1 is 0.814 bits per heavy atom. The second-order valence-electron chi connectivity index (χ2n) is 22.0. The SMILES string of the molecule is C=C(Cc1ccc2c(c1)[Si](c1ccc(OC)c(C(CC(=O)OC3(C)C4CC5CC(C4)CC3C5)C(=O)OCC(=O)OC(C)C34CC5CC(CC(C5)C3)C4)c1)c1ccccc1-2)C(=O)OCC(F)(F)S(=O)(=O)O. The molecule has 1 aliphatic heterocycles. The highest BCUT2D eigenvalue weighted by atomic mass is 32.2. The topological polar surface area (TPSA) is 169 Å². The van der Waals surface area contributed by atoms with Gasteiger partial charge in [0.05, 0.1) is 19.4 Å². The second-order valence-corrected chi connectivity index (χ2v) is 25.9. The van der Waals surface area contributed by atoms with Crippen LogP contribution in [0.5, 0.6) is 5.75 Å². The van der Waals surface area contributed by atoms with Crippen molar-refractivity contribution in [1.82, 2.24) is 0 Å². The predicted octanol–water partition coefficient (Wildman–Crippen LogP) is 7.24. The molecule has 2 atom stereocenters. The zero-order chi connectivity index (χ0) is 49.5. The van der Waals surface area contributed by atoms with Gasteiger partial charge in [-0.25, -0.2) is 9.59 Å². The van der Waals surface area contributed by atoms with Gasteiger partial charge in [-0.15, -0.1) is 0 Å². The summed E-state index contributed by atoms with van der Waals surface area (Å²) < 4.78 is 87.6. The van der Waals surface area contributed by atoms with Gasteiger partial charge in [0.15, 0.2) is 22.0 Å². The van der Waals surface area contributed by atoms with E-state index in [2.05, 4.69) is 18.2 Å². The van der Waals surface area contributed by atoms with Crippen LogP contribution in [-0.4, -0.2) is 82.9 Å². The van der Waals surface area contributed by atoms with Crippen molar-refractivity contribution in [2.75, 3.05) is 20.3 Å². The minimum atomic E-state index is -5.81. The summed E-state index contributed by atoms with van der Waals surface area (Å²) in [7, 11) is -6.22. The van der Waals surface area contributed by atoms with Crippen molar-refractivity contribution >= 4 is 58.4 Å². The lowest BCUT2D eigenvalue weighted by atomic mass is 9.48. The fraction of sp³-hybridized carbons (Fsp3) is 0.556. The van der Waals surface area contributed by atoms with Gasteiger partial charge in [-0.3, -0.25) is 14.1 Å². The van der Waals surface area contributed by atoms with E-state index in [9.17, 15) is 36.4 Å². The summed E-state index contributed by atoms with van der Waals surface area (Å²) in [5.74, 6) is -0.287. The van der Waals surface area contributed by atoms with Crippen molar-refractivity contribution in [3.05, 3.63) is 83.9 Å². The summed E-state index contributed by atoms with van der Waals surface area (Å²) in [6, 6.07) is 19.0. The molecular formula is C54H61F2O12SSi. The Morgan fingerprint density at radius 3 is 2.06 bits per heavy atom. The number of hydrogen-bond acceptors (Lipinski definition) is 11. The Morgan fingerprint density at radius 2 is 1.43 bits per heavy atom. The monoisotopic (exact) mass is 999 g/mol. The summed E-state index contributed by atoms with van der Waals surface area (Å²) in [5, 5.41) is -1.91. The normalized spacial score (nSPS) is 29.9. The van der Waals surface area contributed by atoms with Crippen LogP contribution < -0.4 is 20.3 Å². The third-order valence-electron chi connectivity index (χ3n) is 17.5. The number of rotatable bonds is 17. The standard InChI is InChI=1S/C54H61F2O12SSi/c1-30(50(59)66-29-54(55,56)69(61,62)63)13-32-9-11-42-41-7-5-6-8-46(41)70(47(42)22-32)40-10-12-45(64-4)43(23-40)44(24-48(57)68-52(3)38-18-33-14-34(20-38)21-39(52)19-33)51(60)65-28-49(58)67-31(2)53-25-35-15-36(26-53)17-37(16-35)27-53/h5-12,22-23,31,33-39,44H,1,13-21,24-29H2,2-4H3,(H,61,62,63). The van der Waals surface area contributed by atoms with Crippen LogP contribution in [0.25, 0.3) is 11.1 Å². The average Bonchev–Trinajstić information content (AvgIpc) is 3.63. The van der Waals surface area contributed by atoms with Crippen molar-refractivity contribution in [1.29, 1.82) is 0 Å². The van der Waals surface area contributed by atoms with Crippen molar-refractivity contribution < 1.29 is 64.6 Å². The molecule has 3 aromatic rings. The van der Waals surface area contributed by atoms with Gasteiger partial charge < -0.3 is 23.7 Å². The predicted molar refractivity (Wildman–Crippen MR) is 256 cm³/mol. The summed E-state index contributed by atoms with van der Waals surface area (Å²) >= 11 is 0. The highest BCUT2D eigenvalue weighted by molar-refractivity contribution is 7.86. The molecule has 9 aliphatic rings. The Hall–Kier alpha value is -4.93. The minimum Gasteiger partial charge on any atom is -0.496 e. The first-order valence-electron chi connectivity index (χ1n) is 24.8. The number of fused-ring (bicyclic) bond motifs is 3. The Bertz CT molecular complexity index is 2670. The number of ether oxygens (including phenoxy) is 5. The number of alkyl halides is 2. The minimum absolute atomic E-state index is 0.0577. The van der Waals surface area contributed by atoms with Crippen LogP contribution in [0, 0.1) is 46.8 Å². The molecule has 8 bridgehead atoms. The largest absolute Gasteiger partial charge is 0.496 e. The maximum Gasteiger partial charge on any atom is 0.402 e. The number of benzene rings is 3. The molecule has 70 heavy (non-hydrogen) atoms. The number of halogens is 2. The van der Waals surface area contributed by atoms with Gasteiger partial charge in [-0.2, -0.15) is 17.2 Å². The smallest absolute Gasteiger partial charge is 0.402 e. The van der Waals surface area contributed by atoms with Crippen LogP contribution in [0.2, 0.25) is 0 Å². The zero-order valence-electron chi connectivity index (χ0n) is 39.9. The van der Waals surface area contributed by atoms with E-state index in [1.165, 1.54) is 32.8 Å². The van der Waals surface area contributed by atoms with Crippen LogP contribution in [-0.2, 0) is 54.7 Å². The van der Waals surface area contributed by atoms with Gasteiger partial charge in [0.1, 0.15) is 17.5 Å². The van der Waals surface area contributed by atoms with Crippen LogP contribution in [0.3, 0.4) is 0 Å². The van der Waals surface area contributed by atoms with E-state index in [1.54, 1.807) is 12.1 Å². The van der Waals surface area contributed by atoms with Crippen molar-refractivity contribution in [2.24, 2.45) is 46.8 Å². The summed E-state index contributed by atoms with van der Waals surface area (Å²) in [6.45, 7) is 5.24. The lowest BCUT2D eigenvalue weighted by Crippen LogP contribution is -2.58. The quantitative estimate of drug-likeness (QED) is 0.0371. The Kier molecular flexibility index (Phi) is 12.7. The second kappa shape index (κ2) is 18.3. The molecule has 12 nitrogen and oxygen atoms in total. The third kappa shape index (κ3) is 9.03. The Labute approximate surface area is 409 Å². The molecule has 12 rings (SSSR count). The molecule has 2 unspecified atom stereocenters. The fourth-order valence-electron chi connectivity index (χ4n) is 14.7. The number of carbonyl (C=O) groups is 4. The maximum absolute atomic E-state index is 14.6. The summed E-state index contributed by atoms with van der Waals surface area (Å²) in [6.07, 6.45) is 11.4. The molecule has 8 fully saturated rings. The first-order chi connectivity index (χ1) is 33.2. The lowest BCUT2D eigenvalue weighted by Gasteiger charge is -2.59. The van der Waals surface area contributed by atoms with Crippen molar-refractivity contribution in [3.63, 3.8) is 0 Å². The van der Waals surface area contributed by atoms with E-state index >= 15 is 0 Å². The molecule has 0 spiro atoms. The number of esters is 4. The lowest BCUT2D eigenvalue weighted by molar-refractivity contribution is -0.204. The zero-order valence-corrected chi connectivity index (χ0v) is 41.7. The van der Waals surface area contributed by atoms with Gasteiger partial charge >= 0.3 is 39.2 Å². The average molecular weight is 1000 g/mol. The third-order valence-corrected chi connectivity index (χ3v) is 21.2. The van der Waals surface area contributed by atoms with E-state index in [4.69, 9.17) is 23.5 Å². The van der Waals surface area contributed by atoms with E-state index in [1.807, 2.05) is 55.5 Å². The molecule has 1 radical (unpaired) electrons. The number of hydrogen-bond donors (Lipinski definition) is 1. The van der Waals surface area contributed by atoms with Crippen molar-refractivity contribution in [2.45, 2.75) is 120 Å².